The zero-order valence-electron chi connectivity index (χ0n) is 44.5. The topological polar surface area (TPSA) is 0 Å². The molecule has 104 valence electrons. The van der Waals surface area contributed by atoms with Crippen LogP contribution in [0.2, 0.25) is 17.6 Å². The van der Waals surface area contributed by atoms with Crippen molar-refractivity contribution in [1.82, 2.24) is 0 Å². The van der Waals surface area contributed by atoms with Gasteiger partial charge >= 0.3 is 164 Å². The van der Waals surface area contributed by atoms with E-state index >= 15 is 0 Å². The van der Waals surface area contributed by atoms with Crippen molar-refractivity contribution in [3.05, 3.63) is 0 Å². The van der Waals surface area contributed by atoms with Gasteiger partial charge in [0.25, 0.3) is 0 Å². The first-order chi connectivity index (χ1) is 22.0. The maximum atomic E-state index is 8.94. The molecule has 0 aromatic carbocycles. The second-order valence-electron chi connectivity index (χ2n) is 2.25. The quantitative estimate of drug-likeness (QED) is 0.332. The van der Waals surface area contributed by atoms with Gasteiger partial charge in [0, 0.05) is 0 Å². The van der Waals surface area contributed by atoms with Crippen molar-refractivity contribution in [1.29, 1.82) is 0 Å². The molecule has 0 unspecified atom stereocenters. The van der Waals surface area contributed by atoms with E-state index in [1.165, 1.54) is 0 Å². The van der Waals surface area contributed by atoms with Crippen molar-refractivity contribution >= 4 is 18.4 Å². The number of hydrogen-bond acceptors (Lipinski definition) is 0. The van der Waals surface area contributed by atoms with Crippen LogP contribution >= 0.6 is 0 Å². The molecule has 0 aliphatic rings. The summed E-state index contributed by atoms with van der Waals surface area (Å²) in [5.41, 5.74) is 0. The van der Waals surface area contributed by atoms with E-state index in [9.17, 15) is 0 Å². The summed E-state index contributed by atoms with van der Waals surface area (Å²) in [5.74, 6) is 0. The Morgan fingerprint density at radius 2 is 0.941 bits per heavy atom. The van der Waals surface area contributed by atoms with E-state index in [4.69, 9.17) is 49.3 Å². The van der Waals surface area contributed by atoms with Gasteiger partial charge in [-0.15, -0.1) is 0 Å². The second-order valence-corrected chi connectivity index (χ2v) is 9.39. The van der Waals surface area contributed by atoms with Crippen molar-refractivity contribution in [2.75, 3.05) is 0 Å². The Labute approximate surface area is 165 Å². The molecule has 0 N–H and O–H groups in total. The van der Waals surface area contributed by atoms with Gasteiger partial charge in [-0.1, -0.05) is 0 Å². The van der Waals surface area contributed by atoms with Gasteiger partial charge in [-0.2, -0.15) is 0 Å². The van der Waals surface area contributed by atoms with E-state index in [0.717, 1.165) is 0 Å². The van der Waals surface area contributed by atoms with Crippen LogP contribution in [0.25, 0.3) is 0 Å². The van der Waals surface area contributed by atoms with E-state index in [-0.39, 0.29) is 0 Å². The summed E-state index contributed by atoms with van der Waals surface area (Å²) in [5, 5.41) is 0. The molecule has 0 atom stereocenters. The minimum absolute atomic E-state index is 4.56. The molecule has 0 aliphatic heterocycles. The average molecular weight is 383 g/mol. The van der Waals surface area contributed by atoms with Crippen molar-refractivity contribution in [3.63, 3.8) is 0 Å². The number of hydrogen-bond donors (Lipinski definition) is 0. The van der Waals surface area contributed by atoms with Crippen LogP contribution in [0.1, 0.15) is 128 Å². The van der Waals surface area contributed by atoms with Crippen LogP contribution in [0.3, 0.4) is 0 Å². The van der Waals surface area contributed by atoms with Gasteiger partial charge in [0.2, 0.25) is 0 Å². The predicted octanol–water partition coefficient (Wildman–Crippen LogP) is 6.64. The van der Waals surface area contributed by atoms with Crippen molar-refractivity contribution in [2.24, 2.45) is 0 Å². The molecular weight excluding hydrogens is 311 g/mol. The molecule has 0 heterocycles. The second kappa shape index (κ2) is 11.9. The zero-order valence-corrected chi connectivity index (χ0v) is 11.4. The van der Waals surface area contributed by atoms with E-state index < -0.39 is 114 Å². The standard InChI is InChI=1S/4C4H9.Sn/c4*1-3-4-2;/h4*1,3-4H2,2H3;/i4*1D2,2D3,3D2,4D2;. The van der Waals surface area contributed by atoms with Gasteiger partial charge < -0.3 is 0 Å². The molecule has 0 saturated heterocycles. The summed E-state index contributed by atoms with van der Waals surface area (Å²) in [6.45, 7) is -18.2. The molecule has 1 heteroatoms. The van der Waals surface area contributed by atoms with E-state index in [2.05, 4.69) is 0 Å². The zero-order chi connectivity index (χ0) is 44.5. The van der Waals surface area contributed by atoms with Crippen molar-refractivity contribution < 1.29 is 49.3 Å². The molecule has 0 amide bonds. The van der Waals surface area contributed by atoms with Gasteiger partial charge in [-0.25, -0.2) is 0 Å². The summed E-state index contributed by atoms with van der Waals surface area (Å²) < 4.78 is 271. The van der Waals surface area contributed by atoms with Gasteiger partial charge in [0.15, 0.2) is 0 Å². The first kappa shape index (κ1) is 1.80. The van der Waals surface area contributed by atoms with E-state index in [1.54, 1.807) is 0 Å². The third-order valence-corrected chi connectivity index (χ3v) is 6.96. The molecule has 0 spiro atoms. The minimum atomic E-state index is -10.5. The Morgan fingerprint density at radius 3 is 1.18 bits per heavy atom. The molecule has 17 heavy (non-hydrogen) atoms. The maximum absolute atomic E-state index is 10.5. The fourth-order valence-corrected chi connectivity index (χ4v) is 4.61. The molecule has 0 rings (SSSR count). The Morgan fingerprint density at radius 1 is 0.647 bits per heavy atom. The Bertz CT molecular complexity index is 1120. The van der Waals surface area contributed by atoms with Crippen LogP contribution < -0.4 is 0 Å². The van der Waals surface area contributed by atoms with E-state index in [0.29, 0.717) is 0 Å². The monoisotopic (exact) mass is 384 g/mol. The first-order valence-corrected chi connectivity index (χ1v) is 9.71. The average Bonchev–Trinajstić information content (AvgIpc) is 2.84. The summed E-state index contributed by atoms with van der Waals surface area (Å²) in [6, 6.07) is 0. The van der Waals surface area contributed by atoms with Gasteiger partial charge in [0.1, 0.15) is 0 Å². The summed E-state index contributed by atoms with van der Waals surface area (Å²) in [6.07, 6.45) is -41.6. The predicted molar refractivity (Wildman–Crippen MR) is 84.6 cm³/mol. The van der Waals surface area contributed by atoms with Gasteiger partial charge in [-0.05, 0) is 0 Å². The van der Waals surface area contributed by atoms with E-state index in [1.807, 2.05) is 0 Å². The summed E-state index contributed by atoms with van der Waals surface area (Å²) >= 11 is -10.5. The van der Waals surface area contributed by atoms with Gasteiger partial charge in [0.05, 0.1) is 0 Å². The molecule has 0 bridgehead atoms. The van der Waals surface area contributed by atoms with Crippen LogP contribution in [0, 0.1) is 0 Å². The molecule has 0 radical (unpaired) electrons. The summed E-state index contributed by atoms with van der Waals surface area (Å²) in [4.78, 5) is 0. The van der Waals surface area contributed by atoms with Crippen LogP contribution in [-0.4, -0.2) is 18.4 Å². The van der Waals surface area contributed by atoms with Crippen LogP contribution in [-0.2, 0) is 0 Å². The normalized spacial score (nSPS) is 56.5. The van der Waals surface area contributed by atoms with Crippen LogP contribution in [0.5, 0.6) is 0 Å². The molecule has 0 aromatic heterocycles. The first-order valence-electron chi connectivity index (χ1n) is 22.0. The Hall–Kier alpha value is 0.799. The Balaban J connectivity index is 10.4. The third kappa shape index (κ3) is 8.50. The van der Waals surface area contributed by atoms with Crippen molar-refractivity contribution in [3.8, 4) is 0 Å². The van der Waals surface area contributed by atoms with Gasteiger partial charge in [-0.3, -0.25) is 0 Å². The fourth-order valence-electron chi connectivity index (χ4n) is 0.688. The molecule has 0 saturated carbocycles. The number of rotatable bonds is 12. The molecular formula is C16H36Sn. The molecule has 0 nitrogen and oxygen atoms in total. The SMILES string of the molecule is [2H]C([2H])([2H])C([2H])([2H])C([2H])([2H])[C]([2H])([2H])[Sn]([C]([2H])([2H])C([2H])([2H])C([2H])([2H])C([2H])([2H])[2H])([C]([2H])([2H])C([2H])([2H])C([2H])([2H])C([2H])([2H])[2H])[C]([2H])([2H])C([2H])([2H])C([2H])([2H])C([2H])([2H])[2H]. The van der Waals surface area contributed by atoms with Crippen LogP contribution in [0.4, 0.5) is 0 Å². The molecule has 0 aromatic rings. The van der Waals surface area contributed by atoms with Crippen LogP contribution in [0.15, 0.2) is 0 Å². The molecule has 0 aliphatic carbocycles. The molecule has 0 fully saturated rings. The van der Waals surface area contributed by atoms with Crippen molar-refractivity contribution in [2.45, 2.75) is 95.9 Å². The summed E-state index contributed by atoms with van der Waals surface area (Å²) in [7, 11) is 0. The Kier molecular flexibility index (Phi) is 1.26. The third-order valence-electron chi connectivity index (χ3n) is 1.25. The fraction of sp³-hybridized carbons (Fsp3) is 1.00.